The molecule has 0 aromatic rings. The molecule has 0 aliphatic rings. The van der Waals surface area contributed by atoms with Gasteiger partial charge in [0, 0.05) is 0 Å². The van der Waals surface area contributed by atoms with Gasteiger partial charge in [0.15, 0.2) is 11.8 Å². The van der Waals surface area contributed by atoms with E-state index < -0.39 is 17.9 Å². The van der Waals surface area contributed by atoms with Crippen molar-refractivity contribution in [3.63, 3.8) is 0 Å². The molecule has 0 aliphatic carbocycles. The van der Waals surface area contributed by atoms with E-state index in [1.54, 1.807) is 43.3 Å². The summed E-state index contributed by atoms with van der Waals surface area (Å²) in [6.07, 6.45) is 0. The summed E-state index contributed by atoms with van der Waals surface area (Å²) in [5.41, 5.74) is 0. The summed E-state index contributed by atoms with van der Waals surface area (Å²) in [4.78, 5) is 1.55. The Hall–Kier alpha value is -2.08. The van der Waals surface area contributed by atoms with Crippen molar-refractivity contribution in [3.8, 4) is 24.3 Å². The Morgan fingerprint density at radius 1 is 0.786 bits per heavy atom. The van der Waals surface area contributed by atoms with Crippen LogP contribution in [0.25, 0.3) is 0 Å². The molecule has 5 nitrogen and oxygen atoms in total. The van der Waals surface area contributed by atoms with Gasteiger partial charge < -0.3 is 4.90 Å². The van der Waals surface area contributed by atoms with E-state index in [0.717, 1.165) is 0 Å². The van der Waals surface area contributed by atoms with Gasteiger partial charge in [-0.15, -0.1) is 0 Å². The molecule has 0 rings (SSSR count). The second-order valence-corrected chi connectivity index (χ2v) is 2.93. The van der Waals surface area contributed by atoms with Crippen LogP contribution in [0.3, 0.4) is 0 Å². The highest BCUT2D eigenvalue weighted by molar-refractivity contribution is 5.15. The van der Waals surface area contributed by atoms with Gasteiger partial charge >= 0.3 is 0 Å². The lowest BCUT2D eigenvalue weighted by atomic mass is 9.91. The second-order valence-electron chi connectivity index (χ2n) is 2.93. The van der Waals surface area contributed by atoms with Crippen LogP contribution in [0, 0.1) is 57.2 Å². The average molecular weight is 187 g/mol. The van der Waals surface area contributed by atoms with Crippen molar-refractivity contribution in [1.82, 2.24) is 4.90 Å². The van der Waals surface area contributed by atoms with Crippen LogP contribution >= 0.6 is 0 Å². The minimum atomic E-state index is -0.964. The molecular weight excluding hydrogens is 178 g/mol. The van der Waals surface area contributed by atoms with E-state index in [0.29, 0.717) is 0 Å². The van der Waals surface area contributed by atoms with Gasteiger partial charge in [-0.2, -0.15) is 21.0 Å². The summed E-state index contributed by atoms with van der Waals surface area (Å²) in [6.45, 7) is 0. The first kappa shape index (κ1) is 11.9. The Labute approximate surface area is 83.0 Å². The summed E-state index contributed by atoms with van der Waals surface area (Å²) in [5.74, 6) is -1.93. The summed E-state index contributed by atoms with van der Waals surface area (Å²) < 4.78 is 0. The number of rotatable bonds is 3. The lowest BCUT2D eigenvalue weighted by molar-refractivity contribution is 0.242. The number of hydrogen-bond donors (Lipinski definition) is 0. The first-order valence-corrected chi connectivity index (χ1v) is 3.87. The van der Waals surface area contributed by atoms with Crippen molar-refractivity contribution in [3.05, 3.63) is 0 Å². The van der Waals surface area contributed by atoms with Gasteiger partial charge in [-0.25, -0.2) is 0 Å². The molecule has 5 heteroatoms. The second kappa shape index (κ2) is 5.55. The normalized spacial score (nSPS) is 9.57. The Balaban J connectivity index is 5.01. The van der Waals surface area contributed by atoms with Gasteiger partial charge in [0.1, 0.15) is 0 Å². The zero-order valence-electron chi connectivity index (χ0n) is 7.97. The third-order valence-corrected chi connectivity index (χ3v) is 1.84. The third kappa shape index (κ3) is 2.46. The number of nitriles is 4. The molecule has 0 spiro atoms. The molecule has 0 saturated carbocycles. The average Bonchev–Trinajstić information content (AvgIpc) is 2.18. The van der Waals surface area contributed by atoms with E-state index in [2.05, 4.69) is 0 Å². The molecule has 70 valence electrons. The van der Waals surface area contributed by atoms with Gasteiger partial charge in [-0.3, -0.25) is 0 Å². The molecule has 0 amide bonds. The van der Waals surface area contributed by atoms with E-state index in [9.17, 15) is 0 Å². The lowest BCUT2D eigenvalue weighted by Crippen LogP contribution is -2.39. The number of nitrogens with zero attached hydrogens (tertiary/aromatic N) is 5. The van der Waals surface area contributed by atoms with E-state index in [4.69, 9.17) is 21.0 Å². The predicted octanol–water partition coefficient (Wildman–Crippen LogP) is 0.243. The zero-order chi connectivity index (χ0) is 11.1. The molecule has 0 unspecified atom stereocenters. The lowest BCUT2D eigenvalue weighted by Gasteiger charge is -2.24. The fraction of sp³-hybridized carbons (Fsp3) is 0.556. The Morgan fingerprint density at radius 3 is 1.21 bits per heavy atom. The van der Waals surface area contributed by atoms with Crippen LogP contribution in [0.4, 0.5) is 0 Å². The first-order chi connectivity index (χ1) is 6.62. The first-order valence-electron chi connectivity index (χ1n) is 3.87. The molecule has 0 N–H and O–H groups in total. The van der Waals surface area contributed by atoms with Crippen molar-refractivity contribution < 1.29 is 0 Å². The van der Waals surface area contributed by atoms with E-state index in [-0.39, 0.29) is 0 Å². The largest absolute Gasteiger partial charge is 0.302 e. The van der Waals surface area contributed by atoms with Crippen molar-refractivity contribution >= 4 is 0 Å². The summed E-state index contributed by atoms with van der Waals surface area (Å²) >= 11 is 0. The van der Waals surface area contributed by atoms with Crippen LogP contribution in [0.1, 0.15) is 0 Å². The summed E-state index contributed by atoms with van der Waals surface area (Å²) in [6, 6.07) is 6.44. The highest BCUT2D eigenvalue weighted by atomic mass is 15.1. The summed E-state index contributed by atoms with van der Waals surface area (Å²) in [5, 5.41) is 34.7. The predicted molar refractivity (Wildman–Crippen MR) is 46.9 cm³/mol. The highest BCUT2D eigenvalue weighted by Gasteiger charge is 2.31. The maximum Gasteiger partial charge on any atom is 0.151 e. The van der Waals surface area contributed by atoms with Crippen molar-refractivity contribution in [2.45, 2.75) is 6.04 Å². The monoisotopic (exact) mass is 187 g/mol. The molecule has 14 heavy (non-hydrogen) atoms. The maximum atomic E-state index is 8.67. The summed E-state index contributed by atoms with van der Waals surface area (Å²) in [7, 11) is 3.27. The molecule has 0 aromatic carbocycles. The van der Waals surface area contributed by atoms with E-state index in [1.807, 2.05) is 0 Å². The van der Waals surface area contributed by atoms with Gasteiger partial charge in [-0.05, 0) is 14.1 Å². The minimum absolute atomic E-state index is 0.667. The molecular formula is C9H9N5. The van der Waals surface area contributed by atoms with Gasteiger partial charge in [0.05, 0.1) is 30.3 Å². The van der Waals surface area contributed by atoms with Crippen LogP contribution in [0.15, 0.2) is 0 Å². The van der Waals surface area contributed by atoms with Crippen molar-refractivity contribution in [2.75, 3.05) is 14.1 Å². The fourth-order valence-corrected chi connectivity index (χ4v) is 1.15. The fourth-order valence-electron chi connectivity index (χ4n) is 1.15. The van der Waals surface area contributed by atoms with E-state index >= 15 is 0 Å². The molecule has 0 aliphatic heterocycles. The maximum absolute atomic E-state index is 8.67. The smallest absolute Gasteiger partial charge is 0.151 e. The Bertz CT molecular complexity index is 285. The van der Waals surface area contributed by atoms with Crippen molar-refractivity contribution in [2.24, 2.45) is 11.8 Å². The topological polar surface area (TPSA) is 98.4 Å². The van der Waals surface area contributed by atoms with Crippen LogP contribution in [0.5, 0.6) is 0 Å². The van der Waals surface area contributed by atoms with Crippen LogP contribution < -0.4 is 0 Å². The van der Waals surface area contributed by atoms with Crippen LogP contribution in [0.2, 0.25) is 0 Å². The molecule has 0 radical (unpaired) electrons. The molecule has 0 heterocycles. The van der Waals surface area contributed by atoms with Crippen molar-refractivity contribution in [1.29, 1.82) is 21.0 Å². The van der Waals surface area contributed by atoms with Crippen LogP contribution in [-0.2, 0) is 0 Å². The van der Waals surface area contributed by atoms with Gasteiger partial charge in [-0.1, -0.05) is 0 Å². The highest BCUT2D eigenvalue weighted by Crippen LogP contribution is 2.16. The Kier molecular flexibility index (Phi) is 4.72. The molecule has 0 saturated heterocycles. The molecule has 0 atom stereocenters. The minimum Gasteiger partial charge on any atom is -0.302 e. The third-order valence-electron chi connectivity index (χ3n) is 1.84. The van der Waals surface area contributed by atoms with Crippen LogP contribution in [-0.4, -0.2) is 25.0 Å². The standard InChI is InChI=1S/C9H9N5/c1-14(2)9(7(3-10)4-11)8(5-12)6-13/h7-9H,1-2H3. The SMILES string of the molecule is CN(C)C(C(C#N)C#N)C(C#N)C#N. The molecule has 0 fully saturated rings. The van der Waals surface area contributed by atoms with E-state index in [1.165, 1.54) is 0 Å². The Morgan fingerprint density at radius 2 is 1.07 bits per heavy atom. The van der Waals surface area contributed by atoms with Gasteiger partial charge in [0.2, 0.25) is 0 Å². The zero-order valence-corrected chi connectivity index (χ0v) is 7.97. The number of hydrogen-bond acceptors (Lipinski definition) is 5. The molecule has 0 bridgehead atoms. The quantitative estimate of drug-likeness (QED) is 0.630. The molecule has 0 aromatic heterocycles. The van der Waals surface area contributed by atoms with Gasteiger partial charge in [0.25, 0.3) is 0 Å².